The van der Waals surface area contributed by atoms with Crippen LogP contribution in [0.4, 0.5) is 17.2 Å². The zero-order valence-corrected chi connectivity index (χ0v) is 22.2. The fourth-order valence-corrected chi connectivity index (χ4v) is 6.18. The number of nitrogens with one attached hydrogen (secondary N) is 2. The van der Waals surface area contributed by atoms with Gasteiger partial charge in [-0.15, -0.1) is 0 Å². The summed E-state index contributed by atoms with van der Waals surface area (Å²) in [6.07, 6.45) is 7.48. The van der Waals surface area contributed by atoms with Gasteiger partial charge in [-0.1, -0.05) is 12.5 Å². The van der Waals surface area contributed by atoms with Crippen molar-refractivity contribution in [3.63, 3.8) is 0 Å². The summed E-state index contributed by atoms with van der Waals surface area (Å²) in [6, 6.07) is 8.19. The van der Waals surface area contributed by atoms with E-state index >= 15 is 0 Å². The number of aromatic nitrogens is 2. The average molecular weight is 539 g/mol. The maximum atomic E-state index is 13.1. The highest BCUT2D eigenvalue weighted by atomic mass is 32.2. The molecular formula is C26H30N6O5S. The monoisotopic (exact) mass is 538 g/mol. The summed E-state index contributed by atoms with van der Waals surface area (Å²) in [4.78, 5) is 34.6. The predicted octanol–water partition coefficient (Wildman–Crippen LogP) is 2.18. The summed E-state index contributed by atoms with van der Waals surface area (Å²) in [6.45, 7) is 1.28. The molecule has 2 aliphatic heterocycles. The van der Waals surface area contributed by atoms with Gasteiger partial charge in [0.05, 0.1) is 34.8 Å². The molecular weight excluding hydrogens is 508 g/mol. The minimum absolute atomic E-state index is 0.151. The Morgan fingerprint density at radius 1 is 1.13 bits per heavy atom. The van der Waals surface area contributed by atoms with Gasteiger partial charge >= 0.3 is 0 Å². The maximum Gasteiger partial charge on any atom is 0.290 e. The van der Waals surface area contributed by atoms with Crippen LogP contribution in [-0.4, -0.2) is 75.4 Å². The van der Waals surface area contributed by atoms with Crippen LogP contribution in [0.2, 0.25) is 0 Å². The number of hydrogen-bond acceptors (Lipinski definition) is 8. The van der Waals surface area contributed by atoms with Crippen LogP contribution in [0.1, 0.15) is 24.8 Å². The number of carboxylic acid groups (broad SMARTS) is 1. The fourth-order valence-electron chi connectivity index (χ4n) is 5.63. The molecule has 2 aromatic heterocycles. The van der Waals surface area contributed by atoms with Crippen molar-refractivity contribution in [3.05, 3.63) is 42.2 Å². The number of hydrogen-bond donors (Lipinski definition) is 3. The lowest BCUT2D eigenvalue weighted by atomic mass is 9.64. The number of likely N-dealkylation sites (N-methyl/N-ethyl adjacent to an activating group) is 2. The molecule has 0 unspecified atom stereocenters. The van der Waals surface area contributed by atoms with Gasteiger partial charge in [-0.3, -0.25) is 19.3 Å². The van der Waals surface area contributed by atoms with Crippen LogP contribution in [0.25, 0.3) is 22.0 Å². The lowest BCUT2D eigenvalue weighted by Crippen LogP contribution is -2.57. The van der Waals surface area contributed by atoms with Gasteiger partial charge in [0.15, 0.2) is 5.82 Å². The molecule has 0 bridgehead atoms. The summed E-state index contributed by atoms with van der Waals surface area (Å²) in [5, 5.41) is 11.1. The Kier molecular flexibility index (Phi) is 6.48. The Morgan fingerprint density at radius 3 is 2.45 bits per heavy atom. The molecule has 200 valence electrons. The van der Waals surface area contributed by atoms with Crippen molar-refractivity contribution >= 4 is 50.5 Å². The van der Waals surface area contributed by atoms with Crippen molar-refractivity contribution in [2.75, 3.05) is 48.0 Å². The highest BCUT2D eigenvalue weighted by molar-refractivity contribution is 7.92. The van der Waals surface area contributed by atoms with Crippen LogP contribution in [0.3, 0.4) is 0 Å². The van der Waals surface area contributed by atoms with Crippen LogP contribution < -0.4 is 19.8 Å². The highest BCUT2D eigenvalue weighted by Gasteiger charge is 2.54. The summed E-state index contributed by atoms with van der Waals surface area (Å²) in [5.74, 6) is 0.771. The average Bonchev–Trinajstić information content (AvgIpc) is 3.06. The molecule has 3 aromatic rings. The molecule has 1 spiro atoms. The second-order valence-corrected chi connectivity index (χ2v) is 11.8. The molecule has 2 fully saturated rings. The van der Waals surface area contributed by atoms with E-state index < -0.39 is 15.4 Å². The van der Waals surface area contributed by atoms with Gasteiger partial charge < -0.3 is 20.2 Å². The third-order valence-electron chi connectivity index (χ3n) is 7.69. The minimum Gasteiger partial charge on any atom is -0.483 e. The standard InChI is InChI=1S/C25H28N6O3S.CH2O2/c1-26-17-13-31(14-17)23-20(29-35(3,33)34)10-16(11-28-23)15-5-6-19-18(9-15)22-21(12-27-19)30(2)24(32)25(22)7-4-8-25;2-1-3/h5-6,9-12,17,26,29H,4,7-8,13-14H2,1-3H3;1H,(H,2,3). The minimum atomic E-state index is -3.49. The van der Waals surface area contributed by atoms with Gasteiger partial charge in [-0.25, -0.2) is 13.4 Å². The molecule has 6 rings (SSSR count). The molecule has 4 heterocycles. The third kappa shape index (κ3) is 4.23. The van der Waals surface area contributed by atoms with E-state index in [0.717, 1.165) is 71.9 Å². The van der Waals surface area contributed by atoms with Crippen molar-refractivity contribution in [2.45, 2.75) is 30.7 Å². The van der Waals surface area contributed by atoms with Crippen molar-refractivity contribution < 1.29 is 23.1 Å². The molecule has 3 aliphatic rings. The Bertz CT molecular complexity index is 1530. The Labute approximate surface area is 220 Å². The van der Waals surface area contributed by atoms with E-state index in [2.05, 4.69) is 31.0 Å². The number of nitrogens with zero attached hydrogens (tertiary/aromatic N) is 4. The topological polar surface area (TPSA) is 145 Å². The first kappa shape index (κ1) is 25.9. The van der Waals surface area contributed by atoms with Crippen molar-refractivity contribution in [1.82, 2.24) is 15.3 Å². The number of sulfonamides is 1. The zero-order valence-electron chi connectivity index (χ0n) is 21.4. The summed E-state index contributed by atoms with van der Waals surface area (Å²) < 4.78 is 26.9. The van der Waals surface area contributed by atoms with E-state index in [1.54, 1.807) is 17.3 Å². The van der Waals surface area contributed by atoms with E-state index in [1.165, 1.54) is 0 Å². The van der Waals surface area contributed by atoms with Gasteiger partial charge in [-0.05, 0) is 43.7 Å². The normalized spacial score (nSPS) is 17.9. The number of carbonyl (C=O) groups excluding carboxylic acids is 1. The van der Waals surface area contributed by atoms with Gasteiger partial charge in [0, 0.05) is 48.9 Å². The molecule has 0 atom stereocenters. The first-order chi connectivity index (χ1) is 18.1. The lowest BCUT2D eigenvalue weighted by molar-refractivity contribution is -0.125. The molecule has 12 heteroatoms. The number of benzene rings is 1. The molecule has 1 saturated heterocycles. The predicted molar refractivity (Wildman–Crippen MR) is 146 cm³/mol. The fraction of sp³-hybridized carbons (Fsp3) is 0.385. The van der Waals surface area contributed by atoms with Crippen molar-refractivity contribution in [3.8, 4) is 11.1 Å². The molecule has 3 N–H and O–H groups in total. The zero-order chi connectivity index (χ0) is 27.2. The van der Waals surface area contributed by atoms with Crippen LogP contribution in [0.5, 0.6) is 0 Å². The molecule has 1 aliphatic carbocycles. The highest BCUT2D eigenvalue weighted by Crippen LogP contribution is 2.55. The molecule has 1 aromatic carbocycles. The van der Waals surface area contributed by atoms with E-state index in [-0.39, 0.29) is 12.4 Å². The number of anilines is 3. The van der Waals surface area contributed by atoms with E-state index in [9.17, 15) is 13.2 Å². The number of fused-ring (bicyclic) bond motifs is 4. The first-order valence-electron chi connectivity index (χ1n) is 12.3. The molecule has 0 radical (unpaired) electrons. The Balaban J connectivity index is 0.000000937. The Morgan fingerprint density at radius 2 is 1.84 bits per heavy atom. The SMILES string of the molecule is CNC1CN(c2ncc(-c3ccc4ncc5c(c4c3)C3(CCC3)C(=O)N5C)cc2NS(C)(=O)=O)C1.O=CO. The summed E-state index contributed by atoms with van der Waals surface area (Å²) >= 11 is 0. The Hall–Kier alpha value is -3.77. The molecule has 38 heavy (non-hydrogen) atoms. The van der Waals surface area contributed by atoms with Crippen molar-refractivity contribution in [1.29, 1.82) is 0 Å². The van der Waals surface area contributed by atoms with Crippen molar-refractivity contribution in [2.24, 2.45) is 0 Å². The van der Waals surface area contributed by atoms with Crippen LogP contribution in [-0.2, 0) is 25.0 Å². The van der Waals surface area contributed by atoms with Crippen LogP contribution in [0, 0.1) is 0 Å². The van der Waals surface area contributed by atoms with Gasteiger partial charge in [0.2, 0.25) is 15.9 Å². The van der Waals surface area contributed by atoms with Gasteiger partial charge in [0.1, 0.15) is 0 Å². The number of amides is 1. The quantitative estimate of drug-likeness (QED) is 0.416. The number of rotatable bonds is 5. The largest absolute Gasteiger partial charge is 0.483 e. The second-order valence-electron chi connectivity index (χ2n) is 10.0. The van der Waals surface area contributed by atoms with Gasteiger partial charge in [-0.2, -0.15) is 0 Å². The molecule has 11 nitrogen and oxygen atoms in total. The maximum absolute atomic E-state index is 13.1. The molecule has 1 amide bonds. The van der Waals surface area contributed by atoms with Gasteiger partial charge in [0.25, 0.3) is 6.47 Å². The lowest BCUT2D eigenvalue weighted by Gasteiger charge is -2.40. The summed E-state index contributed by atoms with van der Waals surface area (Å²) in [5.41, 5.74) is 4.50. The van der Waals surface area contributed by atoms with E-state index in [1.807, 2.05) is 32.3 Å². The third-order valence-corrected chi connectivity index (χ3v) is 8.28. The van der Waals surface area contributed by atoms with Crippen LogP contribution in [0.15, 0.2) is 36.7 Å². The van der Waals surface area contributed by atoms with Crippen LogP contribution >= 0.6 is 0 Å². The van der Waals surface area contributed by atoms with E-state index in [0.29, 0.717) is 17.5 Å². The van der Waals surface area contributed by atoms with E-state index in [4.69, 9.17) is 9.90 Å². The molecule has 1 saturated carbocycles. The smallest absolute Gasteiger partial charge is 0.290 e. The summed E-state index contributed by atoms with van der Waals surface area (Å²) in [7, 11) is 0.254. The number of carbonyl (C=O) groups is 2. The second kappa shape index (κ2) is 9.52. The number of pyridine rings is 2. The first-order valence-corrected chi connectivity index (χ1v) is 14.2.